The van der Waals surface area contributed by atoms with E-state index in [2.05, 4.69) is 58.8 Å². The Bertz CT molecular complexity index is 1250. The van der Waals surface area contributed by atoms with Crippen molar-refractivity contribution >= 4 is 17.8 Å². The SMILES string of the molecule is C=C(C)[C@@H]1CC[C@]2(C(=O)NCCOCCOCC(=O)N[C@@H](C)C(=O)O)CC[C@]3(C)[C@H](CC[C@@H]4[C@@]5(C)CC[C@H](O)C(C)(C)[C@@H]5CC[C@]43C)[C@@H]12. The summed E-state index contributed by atoms with van der Waals surface area (Å²) in [6.07, 6.45) is 10.5. The highest BCUT2D eigenvalue weighted by Crippen LogP contribution is 2.77. The quantitative estimate of drug-likeness (QED) is 0.153. The molecule has 5 fully saturated rings. The highest BCUT2D eigenvalue weighted by Gasteiger charge is 2.71. The Kier molecular flexibility index (Phi) is 10.6. The maximum atomic E-state index is 14.3. The van der Waals surface area contributed by atoms with Crippen LogP contribution in [0.2, 0.25) is 0 Å². The van der Waals surface area contributed by atoms with E-state index in [0.717, 1.165) is 38.5 Å². The van der Waals surface area contributed by atoms with E-state index in [1.54, 1.807) is 0 Å². The van der Waals surface area contributed by atoms with E-state index in [-0.39, 0.29) is 58.9 Å². The molecule has 0 aliphatic heterocycles. The highest BCUT2D eigenvalue weighted by molar-refractivity contribution is 5.84. The summed E-state index contributed by atoms with van der Waals surface area (Å²) < 4.78 is 11.0. The van der Waals surface area contributed by atoms with Crippen molar-refractivity contribution in [3.8, 4) is 0 Å². The van der Waals surface area contributed by atoms with Gasteiger partial charge in [0.1, 0.15) is 12.6 Å². The molecule has 4 N–H and O–H groups in total. The van der Waals surface area contributed by atoms with Crippen LogP contribution in [0.15, 0.2) is 12.2 Å². The molecule has 0 bridgehead atoms. The summed E-state index contributed by atoms with van der Waals surface area (Å²) >= 11 is 0. The van der Waals surface area contributed by atoms with Gasteiger partial charge in [-0.3, -0.25) is 14.4 Å². The van der Waals surface area contributed by atoms with Crippen LogP contribution in [0.1, 0.15) is 113 Å². The van der Waals surface area contributed by atoms with Crippen molar-refractivity contribution in [1.29, 1.82) is 0 Å². The predicted octanol–water partition coefficient (Wildman–Crippen LogP) is 5.74. The van der Waals surface area contributed by atoms with Crippen molar-refractivity contribution in [2.24, 2.45) is 56.7 Å². The fourth-order valence-corrected chi connectivity index (χ4v) is 12.7. The molecule has 5 rings (SSSR count). The number of aliphatic hydroxyl groups is 1. The molecule has 9 heteroatoms. The normalized spacial score (nSPS) is 41.9. The largest absolute Gasteiger partial charge is 0.480 e. The summed E-state index contributed by atoms with van der Waals surface area (Å²) in [5, 5.41) is 25.6. The lowest BCUT2D eigenvalue weighted by molar-refractivity contribution is -0.246. The van der Waals surface area contributed by atoms with Crippen LogP contribution in [0.25, 0.3) is 0 Å². The number of carbonyl (C=O) groups is 3. The first kappa shape index (κ1) is 37.3. The summed E-state index contributed by atoms with van der Waals surface area (Å²) in [6, 6.07) is -0.968. The van der Waals surface area contributed by atoms with Crippen LogP contribution in [0, 0.1) is 56.7 Å². The minimum absolute atomic E-state index is 0.0577. The Morgan fingerprint density at radius 2 is 1.56 bits per heavy atom. The lowest BCUT2D eigenvalue weighted by Gasteiger charge is -2.72. The zero-order valence-electron chi connectivity index (χ0n) is 30.8. The van der Waals surface area contributed by atoms with Crippen molar-refractivity contribution in [1.82, 2.24) is 10.6 Å². The number of nitrogens with one attached hydrogen (secondary N) is 2. The van der Waals surface area contributed by atoms with Crippen molar-refractivity contribution in [2.45, 2.75) is 125 Å². The average Bonchev–Trinajstić information content (AvgIpc) is 3.42. The number of aliphatic hydroxyl groups excluding tert-OH is 1. The fraction of sp³-hybridized carbons (Fsp3) is 0.872. The Balaban J connectivity index is 1.22. The maximum Gasteiger partial charge on any atom is 0.325 e. The maximum absolute atomic E-state index is 14.3. The monoisotopic (exact) mass is 672 g/mol. The van der Waals surface area contributed by atoms with Crippen molar-refractivity contribution in [2.75, 3.05) is 33.0 Å². The smallest absolute Gasteiger partial charge is 0.325 e. The van der Waals surface area contributed by atoms with Crippen molar-refractivity contribution in [3.05, 3.63) is 12.2 Å². The van der Waals surface area contributed by atoms with Gasteiger partial charge >= 0.3 is 5.97 Å². The molecule has 0 spiro atoms. The standard InChI is InChI=1S/C39H64N2O7/c1-24(2)26-11-16-39(34(46)40-19-20-47-21-22-48-23-31(43)41-25(3)33(44)45)18-17-37(7)27(32(26)39)9-10-29-36(6)14-13-30(42)35(4,5)28(36)12-15-38(29,37)8/h25-30,32,42H,1,9-23H2,2-8H3,(H,40,46)(H,41,43)(H,44,45)/t25-,26-,27+,28-,29+,30-,32+,36-,37+,38+,39-/m0/s1. The van der Waals surface area contributed by atoms with Crippen LogP contribution in [0.5, 0.6) is 0 Å². The van der Waals surface area contributed by atoms with Gasteiger partial charge in [-0.2, -0.15) is 0 Å². The molecule has 9 nitrogen and oxygen atoms in total. The van der Waals surface area contributed by atoms with Crippen LogP contribution >= 0.6 is 0 Å². The van der Waals surface area contributed by atoms with E-state index in [4.69, 9.17) is 14.6 Å². The zero-order valence-corrected chi connectivity index (χ0v) is 30.8. The average molecular weight is 673 g/mol. The molecule has 5 saturated carbocycles. The second-order valence-electron chi connectivity index (χ2n) is 17.8. The molecule has 0 radical (unpaired) electrons. The number of amides is 2. The Labute approximate surface area is 288 Å². The van der Waals surface area contributed by atoms with Crippen molar-refractivity contribution in [3.63, 3.8) is 0 Å². The molecule has 11 atom stereocenters. The van der Waals surface area contributed by atoms with Crippen molar-refractivity contribution < 1.29 is 34.1 Å². The van der Waals surface area contributed by atoms with Gasteiger partial charge in [-0.1, -0.05) is 46.8 Å². The third kappa shape index (κ3) is 6.06. The third-order valence-electron chi connectivity index (χ3n) is 15.4. The molecule has 2 amide bonds. The van der Waals surface area contributed by atoms with Gasteiger partial charge in [0.05, 0.1) is 31.3 Å². The molecule has 0 aromatic heterocycles. The number of fused-ring (bicyclic) bond motifs is 7. The third-order valence-corrected chi connectivity index (χ3v) is 15.4. The molecule has 0 saturated heterocycles. The first-order chi connectivity index (χ1) is 22.5. The molecular formula is C39H64N2O7. The van der Waals surface area contributed by atoms with Gasteiger partial charge in [-0.05, 0) is 129 Å². The Morgan fingerprint density at radius 3 is 2.25 bits per heavy atom. The number of rotatable bonds is 12. The molecule has 0 unspecified atom stereocenters. The number of carboxylic acids is 1. The minimum atomic E-state index is -1.10. The lowest BCUT2D eigenvalue weighted by atomic mass is 9.32. The first-order valence-electron chi connectivity index (χ1n) is 18.7. The van der Waals surface area contributed by atoms with Crippen LogP contribution < -0.4 is 10.6 Å². The summed E-state index contributed by atoms with van der Waals surface area (Å²) in [5.74, 6) is 0.899. The summed E-state index contributed by atoms with van der Waals surface area (Å²) in [7, 11) is 0. The van der Waals surface area contributed by atoms with E-state index in [1.807, 2.05) is 0 Å². The molecule has 272 valence electrons. The first-order valence-corrected chi connectivity index (χ1v) is 18.7. The molecule has 0 aromatic carbocycles. The number of hydrogen-bond donors (Lipinski definition) is 4. The van der Waals surface area contributed by atoms with Gasteiger partial charge in [-0.25, -0.2) is 0 Å². The number of carbonyl (C=O) groups excluding carboxylic acids is 2. The number of allylic oxidation sites excluding steroid dienone is 1. The fourth-order valence-electron chi connectivity index (χ4n) is 12.7. The molecule has 5 aliphatic carbocycles. The molecule has 0 aromatic rings. The van der Waals surface area contributed by atoms with Gasteiger partial charge < -0.3 is 30.3 Å². The zero-order chi connectivity index (χ0) is 35.3. The molecule has 48 heavy (non-hydrogen) atoms. The summed E-state index contributed by atoms with van der Waals surface area (Å²) in [4.78, 5) is 36.9. The molecule has 5 aliphatic rings. The predicted molar refractivity (Wildman–Crippen MR) is 185 cm³/mol. The second kappa shape index (κ2) is 13.6. The lowest BCUT2D eigenvalue weighted by Crippen LogP contribution is -2.67. The molecular weight excluding hydrogens is 608 g/mol. The number of carboxylic acid groups (broad SMARTS) is 1. The second-order valence-corrected chi connectivity index (χ2v) is 17.8. The minimum Gasteiger partial charge on any atom is -0.480 e. The van der Waals surface area contributed by atoms with Gasteiger partial charge in [0.15, 0.2) is 0 Å². The van der Waals surface area contributed by atoms with Gasteiger partial charge in [-0.15, -0.1) is 0 Å². The highest BCUT2D eigenvalue weighted by atomic mass is 16.5. The van der Waals surface area contributed by atoms with Gasteiger partial charge in [0.2, 0.25) is 11.8 Å². The number of hydrogen-bond acceptors (Lipinski definition) is 6. The van der Waals surface area contributed by atoms with Gasteiger partial charge in [0.25, 0.3) is 0 Å². The summed E-state index contributed by atoms with van der Waals surface area (Å²) in [5.41, 5.74) is 1.38. The van der Waals surface area contributed by atoms with Crippen LogP contribution in [-0.2, 0) is 23.9 Å². The number of ether oxygens (including phenoxy) is 2. The molecule has 0 heterocycles. The Morgan fingerprint density at radius 1 is 0.854 bits per heavy atom. The van der Waals surface area contributed by atoms with Crippen LogP contribution in [-0.4, -0.2) is 73.1 Å². The number of aliphatic carboxylic acids is 1. The van der Waals surface area contributed by atoms with E-state index in [1.165, 1.54) is 38.2 Å². The van der Waals surface area contributed by atoms with E-state index < -0.39 is 17.9 Å². The van der Waals surface area contributed by atoms with Gasteiger partial charge in [0, 0.05) is 6.54 Å². The van der Waals surface area contributed by atoms with E-state index in [0.29, 0.717) is 42.7 Å². The summed E-state index contributed by atoms with van der Waals surface area (Å²) in [6.45, 7) is 21.5. The van der Waals surface area contributed by atoms with Crippen LogP contribution in [0.4, 0.5) is 0 Å². The topological polar surface area (TPSA) is 134 Å². The Hall–Kier alpha value is -1.97. The van der Waals surface area contributed by atoms with E-state index >= 15 is 0 Å². The van der Waals surface area contributed by atoms with Crippen LogP contribution in [0.3, 0.4) is 0 Å². The van der Waals surface area contributed by atoms with E-state index in [9.17, 15) is 19.5 Å².